The molecule has 3 nitrogen and oxygen atoms in total. The molecule has 0 aromatic carbocycles. The monoisotopic (exact) mass is 1160 g/mol. The van der Waals surface area contributed by atoms with Crippen molar-refractivity contribution in [2.24, 2.45) is 0 Å². The van der Waals surface area contributed by atoms with Crippen molar-refractivity contribution in [3.63, 3.8) is 0 Å². The van der Waals surface area contributed by atoms with Crippen molar-refractivity contribution < 1.29 is 14.3 Å². The van der Waals surface area contributed by atoms with Crippen molar-refractivity contribution in [2.45, 2.75) is 283 Å². The minimum absolute atomic E-state index is 0.320. The summed E-state index contributed by atoms with van der Waals surface area (Å²) >= 11 is 11.5. The van der Waals surface area contributed by atoms with Crippen molar-refractivity contribution in [1.29, 1.82) is 0 Å². The second-order valence-corrected chi connectivity index (χ2v) is 30.1. The topological polar surface area (TPSA) is 35.5 Å². The number of fused-ring (bicyclic) bond motifs is 9. The largest absolute Gasteiger partial charge is 0.481 e. The second kappa shape index (κ2) is 29.1. The molecule has 0 spiro atoms. The fourth-order valence-corrected chi connectivity index (χ4v) is 20.6. The van der Waals surface area contributed by atoms with Gasteiger partial charge in [-0.2, -0.15) is 0 Å². The lowest BCUT2D eigenvalue weighted by Crippen LogP contribution is -2.38. The van der Waals surface area contributed by atoms with E-state index in [1.807, 2.05) is 68.0 Å². The summed E-state index contributed by atoms with van der Waals surface area (Å²) in [6.07, 6.45) is 42.9. The molecule has 0 N–H and O–H groups in total. The van der Waals surface area contributed by atoms with Crippen LogP contribution < -0.4 is 9.47 Å². The van der Waals surface area contributed by atoms with Gasteiger partial charge in [-0.1, -0.05) is 208 Å². The normalized spacial score (nSPS) is 16.6. The van der Waals surface area contributed by atoms with E-state index < -0.39 is 5.41 Å². The molecule has 78 heavy (non-hydrogen) atoms. The Morgan fingerprint density at radius 1 is 0.372 bits per heavy atom. The van der Waals surface area contributed by atoms with Crippen LogP contribution in [0.4, 0.5) is 0 Å². The molecule has 2 aliphatic heterocycles. The number of rotatable bonds is 37. The number of hydrogen-bond acceptors (Lipinski definition) is 9. The smallest absolute Gasteiger partial charge is 0.174 e. The minimum atomic E-state index is -0.518. The van der Waals surface area contributed by atoms with Gasteiger partial charge in [0.05, 0.1) is 29.8 Å². The third-order valence-corrected chi connectivity index (χ3v) is 25.2. The third-order valence-electron chi connectivity index (χ3n) is 18.0. The summed E-state index contributed by atoms with van der Waals surface area (Å²) in [5.74, 6) is 2.54. The fraction of sp³-hybridized carbons (Fsp3) is 0.638. The first-order chi connectivity index (χ1) is 38.2. The van der Waals surface area contributed by atoms with Crippen molar-refractivity contribution in [3.05, 3.63) is 69.4 Å². The van der Waals surface area contributed by atoms with Crippen LogP contribution in [0.1, 0.15) is 293 Å². The molecule has 0 fully saturated rings. The summed E-state index contributed by atoms with van der Waals surface area (Å²) in [6, 6.07) is 14.4. The van der Waals surface area contributed by atoms with Gasteiger partial charge in [0.1, 0.15) is 22.7 Å². The Bertz CT molecular complexity index is 2750. The zero-order valence-corrected chi connectivity index (χ0v) is 53.9. The zero-order valence-electron chi connectivity index (χ0n) is 49.0. The number of carbonyl (C=O) groups excluding carboxylic acids is 1. The lowest BCUT2D eigenvalue weighted by atomic mass is 9.65. The first-order valence-electron chi connectivity index (χ1n) is 31.9. The van der Waals surface area contributed by atoms with Crippen LogP contribution in [0.5, 0.6) is 11.5 Å². The highest BCUT2D eigenvalue weighted by Gasteiger charge is 2.49. The van der Waals surface area contributed by atoms with Gasteiger partial charge in [-0.15, -0.1) is 68.0 Å². The molecule has 6 aromatic rings. The Balaban J connectivity index is 1.12. The molecule has 0 saturated heterocycles. The van der Waals surface area contributed by atoms with Gasteiger partial charge in [-0.25, -0.2) is 0 Å². The Hall–Kier alpha value is -2.53. The summed E-state index contributed by atoms with van der Waals surface area (Å²) in [5.41, 5.74) is 3.91. The molecule has 1 aliphatic carbocycles. The Morgan fingerprint density at radius 2 is 0.731 bits per heavy atom. The first kappa shape index (κ1) is 60.1. The van der Waals surface area contributed by atoms with Crippen LogP contribution in [0, 0.1) is 0 Å². The second-order valence-electron chi connectivity index (χ2n) is 24.1. The van der Waals surface area contributed by atoms with E-state index in [4.69, 9.17) is 9.47 Å². The van der Waals surface area contributed by atoms with Gasteiger partial charge in [0.2, 0.25) is 0 Å². The van der Waals surface area contributed by atoms with Crippen LogP contribution >= 0.6 is 68.0 Å². The number of hydrogen-bond donors (Lipinski definition) is 0. The predicted octanol–water partition coefficient (Wildman–Crippen LogP) is 25.8. The number of thiophene rings is 6. The molecular formula is C69H96O3S6. The minimum Gasteiger partial charge on any atom is -0.481 e. The van der Waals surface area contributed by atoms with Gasteiger partial charge in [-0.05, 0) is 111 Å². The SMILES string of the molecule is CCCCCCCCC1(C)Oc2ccsc2-c2sc(-c3cc4c(s3)-c3sc(-c5cc6c(s5)-c5sccc5OC6(CCCCCCCC)CCCCCCCC)cc3C(=O)C4(CCCCCCCC)CCCCCCCC)cc21. The average molecular weight is 1170 g/mol. The highest BCUT2D eigenvalue weighted by atomic mass is 32.1. The van der Waals surface area contributed by atoms with Crippen molar-refractivity contribution in [1.82, 2.24) is 0 Å². The molecule has 6 aromatic heterocycles. The zero-order chi connectivity index (χ0) is 54.4. The van der Waals surface area contributed by atoms with E-state index >= 15 is 4.79 Å². The molecule has 8 heterocycles. The highest BCUT2D eigenvalue weighted by Crippen LogP contribution is 2.62. The van der Waals surface area contributed by atoms with E-state index in [1.54, 1.807) is 0 Å². The molecule has 9 rings (SSSR count). The van der Waals surface area contributed by atoms with Crippen molar-refractivity contribution in [3.8, 4) is 60.3 Å². The third kappa shape index (κ3) is 13.6. The summed E-state index contributed by atoms with van der Waals surface area (Å²) < 4.78 is 14.4. The Labute approximate surface area is 496 Å². The number of ether oxygens (including phenoxy) is 2. The average Bonchev–Trinajstić information content (AvgIpc) is 4.47. The van der Waals surface area contributed by atoms with Gasteiger partial charge in [0, 0.05) is 41.1 Å². The van der Waals surface area contributed by atoms with E-state index in [-0.39, 0.29) is 11.2 Å². The summed E-state index contributed by atoms with van der Waals surface area (Å²) in [5, 5.41) is 4.47. The quantitative estimate of drug-likeness (QED) is 0.0365. The van der Waals surface area contributed by atoms with E-state index in [1.165, 1.54) is 245 Å². The van der Waals surface area contributed by atoms with Crippen LogP contribution in [0.3, 0.4) is 0 Å². The van der Waals surface area contributed by atoms with Gasteiger partial charge >= 0.3 is 0 Å². The standard InChI is InChI=1S/C69H96O3S6/c1-7-12-17-22-27-32-39-67(6)51-47-57(76-61(51)64-54(71-67)37-44-73-64)58-48-52-62(77-58)60-50(66(70)68(52,40-33-28-23-18-13-8-2)41-34-29-24-19-14-9-3)46-56(75-60)59-49-53-63(78-59)65-55(38-45-74-65)72-69(53,42-35-30-25-20-15-10-4)43-36-31-26-21-16-11-5/h37-38,44-49H,7-36,39-43H2,1-6H3. The summed E-state index contributed by atoms with van der Waals surface area (Å²) in [4.78, 5) is 29.4. The van der Waals surface area contributed by atoms with Crippen LogP contribution in [-0.4, -0.2) is 5.78 Å². The maximum absolute atomic E-state index is 16.2. The number of unbranched alkanes of at least 4 members (excludes halogenated alkanes) is 25. The molecular weight excluding hydrogens is 1070 g/mol. The summed E-state index contributed by atoms with van der Waals surface area (Å²) in [6.45, 7) is 13.9. The van der Waals surface area contributed by atoms with Gasteiger partial charge in [0.25, 0.3) is 0 Å². The molecule has 0 amide bonds. The van der Waals surface area contributed by atoms with Gasteiger partial charge in [0.15, 0.2) is 5.78 Å². The molecule has 0 radical (unpaired) electrons. The molecule has 1 atom stereocenters. The number of Topliss-reactive ketones (excluding diaryl/α,β-unsaturated/α-hetero) is 1. The van der Waals surface area contributed by atoms with Crippen molar-refractivity contribution >= 4 is 73.8 Å². The van der Waals surface area contributed by atoms with Crippen LogP contribution in [0.2, 0.25) is 0 Å². The van der Waals surface area contributed by atoms with Crippen LogP contribution in [0.25, 0.3) is 48.8 Å². The highest BCUT2D eigenvalue weighted by molar-refractivity contribution is 7.31. The van der Waals surface area contributed by atoms with Gasteiger partial charge in [-0.3, -0.25) is 4.79 Å². The maximum Gasteiger partial charge on any atom is 0.174 e. The van der Waals surface area contributed by atoms with E-state index in [0.717, 1.165) is 62.0 Å². The Morgan fingerprint density at radius 3 is 1.22 bits per heavy atom. The van der Waals surface area contributed by atoms with Crippen molar-refractivity contribution in [2.75, 3.05) is 0 Å². The van der Waals surface area contributed by atoms with E-state index in [2.05, 4.69) is 88.7 Å². The van der Waals surface area contributed by atoms with E-state index in [0.29, 0.717) is 5.78 Å². The maximum atomic E-state index is 16.2. The number of carbonyl (C=O) groups is 1. The fourth-order valence-electron chi connectivity index (χ4n) is 13.4. The van der Waals surface area contributed by atoms with Crippen LogP contribution in [0.15, 0.2) is 47.2 Å². The molecule has 1 unspecified atom stereocenters. The Kier molecular flexibility index (Phi) is 22.4. The molecule has 0 saturated carbocycles. The lowest BCUT2D eigenvalue weighted by molar-refractivity contribution is 0.0397. The number of ketones is 1. The lowest BCUT2D eigenvalue weighted by Gasteiger charge is -2.38. The molecule has 9 heteroatoms. The molecule has 3 aliphatic rings. The van der Waals surface area contributed by atoms with Crippen LogP contribution in [-0.2, 0) is 16.6 Å². The summed E-state index contributed by atoms with van der Waals surface area (Å²) in [7, 11) is 0. The van der Waals surface area contributed by atoms with E-state index in [9.17, 15) is 0 Å². The molecule has 0 bridgehead atoms. The van der Waals surface area contributed by atoms with Gasteiger partial charge < -0.3 is 9.47 Å². The first-order valence-corrected chi connectivity index (χ1v) is 36.9. The predicted molar refractivity (Wildman–Crippen MR) is 347 cm³/mol. The molecule has 426 valence electrons.